The van der Waals surface area contributed by atoms with Crippen LogP contribution in [0.2, 0.25) is 0 Å². The first-order valence-electron chi connectivity index (χ1n) is 18.9. The number of hydrogen-bond acceptors (Lipinski definition) is 1. The number of anilines is 3. The van der Waals surface area contributed by atoms with Gasteiger partial charge in [0.1, 0.15) is 0 Å². The van der Waals surface area contributed by atoms with Crippen molar-refractivity contribution in [2.45, 2.75) is 0 Å². The second-order valence-electron chi connectivity index (χ2n) is 14.1. The molecule has 1 heteroatoms. The molecular weight excluding hydrogens is 663 g/mol. The first-order valence-corrected chi connectivity index (χ1v) is 18.9. The normalized spacial score (nSPS) is 11.3. The Morgan fingerprint density at radius 1 is 0.236 bits per heavy atom. The number of benzene rings is 10. The van der Waals surface area contributed by atoms with Crippen molar-refractivity contribution in [3.8, 4) is 44.5 Å². The van der Waals surface area contributed by atoms with Crippen molar-refractivity contribution in [2.75, 3.05) is 4.90 Å². The van der Waals surface area contributed by atoms with Gasteiger partial charge in [-0.15, -0.1) is 0 Å². The molecule has 10 rings (SSSR count). The van der Waals surface area contributed by atoms with E-state index in [1.807, 2.05) is 0 Å². The molecule has 55 heavy (non-hydrogen) atoms. The summed E-state index contributed by atoms with van der Waals surface area (Å²) in [5, 5.41) is 7.49. The predicted molar refractivity (Wildman–Crippen MR) is 235 cm³/mol. The Labute approximate surface area is 322 Å². The molecule has 0 bridgehead atoms. The van der Waals surface area contributed by atoms with Gasteiger partial charge in [-0.1, -0.05) is 182 Å². The van der Waals surface area contributed by atoms with E-state index in [4.69, 9.17) is 0 Å². The van der Waals surface area contributed by atoms with Crippen molar-refractivity contribution in [2.24, 2.45) is 0 Å². The van der Waals surface area contributed by atoms with Crippen LogP contribution in [0, 0.1) is 0 Å². The van der Waals surface area contributed by atoms with Gasteiger partial charge in [0.2, 0.25) is 0 Å². The Bertz CT molecular complexity index is 2920. The minimum atomic E-state index is 1.11. The highest BCUT2D eigenvalue weighted by atomic mass is 15.1. The molecule has 10 aromatic rings. The summed E-state index contributed by atoms with van der Waals surface area (Å²) < 4.78 is 0. The molecule has 0 atom stereocenters. The van der Waals surface area contributed by atoms with Crippen molar-refractivity contribution in [1.82, 2.24) is 0 Å². The number of hydrogen-bond donors (Lipinski definition) is 0. The summed E-state index contributed by atoms with van der Waals surface area (Å²) >= 11 is 0. The molecule has 1 nitrogen and oxygen atoms in total. The molecule has 0 aliphatic carbocycles. The molecule has 0 amide bonds. The predicted octanol–water partition coefficient (Wildman–Crippen LogP) is 15.3. The van der Waals surface area contributed by atoms with Gasteiger partial charge in [-0.3, -0.25) is 0 Å². The number of rotatable bonds is 7. The van der Waals surface area contributed by atoms with E-state index in [2.05, 4.69) is 229 Å². The molecule has 0 aromatic heterocycles. The fraction of sp³-hybridized carbons (Fsp3) is 0. The van der Waals surface area contributed by atoms with Crippen LogP contribution in [-0.2, 0) is 0 Å². The lowest BCUT2D eigenvalue weighted by molar-refractivity contribution is 1.29. The monoisotopic (exact) mass is 699 g/mol. The van der Waals surface area contributed by atoms with E-state index in [9.17, 15) is 0 Å². The maximum Gasteiger partial charge on any atom is 0.0468 e. The van der Waals surface area contributed by atoms with Crippen LogP contribution in [0.15, 0.2) is 224 Å². The highest BCUT2D eigenvalue weighted by molar-refractivity contribution is 6.33. The SMILES string of the molecule is c1ccc(-c2ccc(N(c3ccccc3)c3ccc4c(c3)c3ccccc3c3c(-c5ccccc5)cc(-c5ccccc5)c(-c5ccccc5)c43)cc2)cc1. The fourth-order valence-electron chi connectivity index (χ4n) is 8.33. The third-order valence-electron chi connectivity index (χ3n) is 10.8. The van der Waals surface area contributed by atoms with Crippen LogP contribution >= 0.6 is 0 Å². The average molecular weight is 700 g/mol. The van der Waals surface area contributed by atoms with Crippen molar-refractivity contribution in [1.29, 1.82) is 0 Å². The molecule has 258 valence electrons. The van der Waals surface area contributed by atoms with E-state index in [1.54, 1.807) is 0 Å². The second-order valence-corrected chi connectivity index (χ2v) is 14.1. The smallest absolute Gasteiger partial charge is 0.0468 e. The van der Waals surface area contributed by atoms with Gasteiger partial charge in [-0.05, 0) is 119 Å². The van der Waals surface area contributed by atoms with Gasteiger partial charge >= 0.3 is 0 Å². The quantitative estimate of drug-likeness (QED) is 0.150. The largest absolute Gasteiger partial charge is 0.310 e. The average Bonchev–Trinajstić information content (AvgIpc) is 3.28. The third-order valence-corrected chi connectivity index (χ3v) is 10.8. The molecule has 0 heterocycles. The van der Waals surface area contributed by atoms with Gasteiger partial charge in [-0.2, -0.15) is 0 Å². The lowest BCUT2D eigenvalue weighted by Crippen LogP contribution is -2.09. The number of fused-ring (bicyclic) bond motifs is 6. The van der Waals surface area contributed by atoms with Crippen LogP contribution in [0.4, 0.5) is 17.1 Å². The van der Waals surface area contributed by atoms with Gasteiger partial charge in [0.25, 0.3) is 0 Å². The van der Waals surface area contributed by atoms with E-state index >= 15 is 0 Å². The third kappa shape index (κ3) is 5.84. The lowest BCUT2D eigenvalue weighted by Gasteiger charge is -2.27. The second kappa shape index (κ2) is 14.0. The Hall–Kier alpha value is -7.22. The van der Waals surface area contributed by atoms with E-state index in [-0.39, 0.29) is 0 Å². The van der Waals surface area contributed by atoms with E-state index in [0.717, 1.165) is 17.1 Å². The van der Waals surface area contributed by atoms with E-state index < -0.39 is 0 Å². The highest BCUT2D eigenvalue weighted by Gasteiger charge is 2.22. The van der Waals surface area contributed by atoms with Gasteiger partial charge in [0, 0.05) is 17.1 Å². The van der Waals surface area contributed by atoms with Crippen LogP contribution in [-0.4, -0.2) is 0 Å². The maximum atomic E-state index is 2.43. The summed E-state index contributed by atoms with van der Waals surface area (Å²) in [5.74, 6) is 0. The van der Waals surface area contributed by atoms with Crippen LogP contribution in [0.1, 0.15) is 0 Å². The molecule has 0 spiro atoms. The minimum Gasteiger partial charge on any atom is -0.310 e. The van der Waals surface area contributed by atoms with Gasteiger partial charge < -0.3 is 4.90 Å². The van der Waals surface area contributed by atoms with Crippen LogP contribution in [0.3, 0.4) is 0 Å². The molecule has 0 saturated carbocycles. The van der Waals surface area contributed by atoms with Gasteiger partial charge in [-0.25, -0.2) is 0 Å². The molecule has 0 unspecified atom stereocenters. The minimum absolute atomic E-state index is 1.11. The summed E-state index contributed by atoms with van der Waals surface area (Å²) in [6.45, 7) is 0. The summed E-state index contributed by atoms with van der Waals surface area (Å²) in [4.78, 5) is 2.38. The van der Waals surface area contributed by atoms with Crippen molar-refractivity contribution >= 4 is 49.4 Å². The number of nitrogens with zero attached hydrogens (tertiary/aromatic N) is 1. The van der Waals surface area contributed by atoms with Gasteiger partial charge in [0.15, 0.2) is 0 Å². The number of para-hydroxylation sites is 1. The Balaban J connectivity index is 1.30. The zero-order chi connectivity index (χ0) is 36.6. The fourth-order valence-corrected chi connectivity index (χ4v) is 8.33. The van der Waals surface area contributed by atoms with Crippen LogP contribution < -0.4 is 4.90 Å². The molecular formula is C54H37N. The molecule has 0 aliphatic rings. The van der Waals surface area contributed by atoms with E-state index in [0.29, 0.717) is 0 Å². The Morgan fingerprint density at radius 2 is 0.673 bits per heavy atom. The summed E-state index contributed by atoms with van der Waals surface area (Å²) in [5.41, 5.74) is 13.1. The summed E-state index contributed by atoms with van der Waals surface area (Å²) in [6.07, 6.45) is 0. The van der Waals surface area contributed by atoms with Crippen LogP contribution in [0.25, 0.3) is 76.8 Å². The molecule has 0 fully saturated rings. The van der Waals surface area contributed by atoms with E-state index in [1.165, 1.54) is 76.8 Å². The Morgan fingerprint density at radius 3 is 1.29 bits per heavy atom. The topological polar surface area (TPSA) is 3.24 Å². The van der Waals surface area contributed by atoms with Crippen molar-refractivity contribution in [3.05, 3.63) is 224 Å². The highest BCUT2D eigenvalue weighted by Crippen LogP contribution is 2.50. The lowest BCUT2D eigenvalue weighted by atomic mass is 9.81. The molecule has 0 N–H and O–H groups in total. The van der Waals surface area contributed by atoms with Gasteiger partial charge in [0.05, 0.1) is 0 Å². The summed E-state index contributed by atoms with van der Waals surface area (Å²) in [6, 6.07) is 81.4. The van der Waals surface area contributed by atoms with Crippen molar-refractivity contribution < 1.29 is 0 Å². The summed E-state index contributed by atoms with van der Waals surface area (Å²) in [7, 11) is 0. The zero-order valence-electron chi connectivity index (χ0n) is 30.3. The molecule has 10 aromatic carbocycles. The van der Waals surface area contributed by atoms with Crippen molar-refractivity contribution in [3.63, 3.8) is 0 Å². The molecule has 0 aliphatic heterocycles. The molecule has 0 radical (unpaired) electrons. The Kier molecular flexibility index (Phi) is 8.24. The maximum absolute atomic E-state index is 2.43. The molecule has 0 saturated heterocycles. The zero-order valence-corrected chi connectivity index (χ0v) is 30.3. The first kappa shape index (κ1) is 32.4. The van der Waals surface area contributed by atoms with Crippen LogP contribution in [0.5, 0.6) is 0 Å². The standard InChI is InChI=1S/C54H37N/c1-6-18-38(19-7-1)39-30-32-44(33-31-39)55(43-26-14-5-15-27-43)45-34-35-48-51(36-45)46-28-16-17-29-47(46)53-50(41-22-10-3-11-23-41)37-49(40-20-8-2-9-21-40)52(54(48)53)42-24-12-4-13-25-42/h1-37H. The first-order chi connectivity index (χ1) is 27.3.